The molecule has 1 aromatic carbocycles. The first kappa shape index (κ1) is 14.4. The summed E-state index contributed by atoms with van der Waals surface area (Å²) >= 11 is 0. The number of nitrogens with zero attached hydrogens (tertiary/aromatic N) is 2. The molecule has 0 saturated carbocycles. The summed E-state index contributed by atoms with van der Waals surface area (Å²) in [7, 11) is 3.98. The second-order valence-electron chi connectivity index (χ2n) is 5.28. The predicted octanol–water partition coefficient (Wildman–Crippen LogP) is 1.63. The minimum atomic E-state index is -1.11. The van der Waals surface area contributed by atoms with E-state index in [-0.39, 0.29) is 11.6 Å². The second kappa shape index (κ2) is 5.94. The maximum absolute atomic E-state index is 13.6. The first-order valence-electron chi connectivity index (χ1n) is 6.49. The fourth-order valence-electron chi connectivity index (χ4n) is 2.56. The molecule has 0 aliphatic carbocycles. The van der Waals surface area contributed by atoms with E-state index in [9.17, 15) is 13.9 Å². The summed E-state index contributed by atoms with van der Waals surface area (Å²) in [6.45, 7) is 2.66. The molecule has 1 N–H and O–H groups in total. The fourth-order valence-corrected chi connectivity index (χ4v) is 2.56. The molecule has 2 unspecified atom stereocenters. The highest BCUT2D eigenvalue weighted by Crippen LogP contribution is 2.26. The standard InChI is InChI=1S/C14H20F2N2O/c1-17-6-7-18(2)10(9-17)8-13(19)14-11(15)4-3-5-12(14)16/h3-5,10,13,19H,6-9H2,1-2H3. The number of halogens is 2. The number of likely N-dealkylation sites (N-methyl/N-ethyl adjacent to an activating group) is 2. The zero-order chi connectivity index (χ0) is 14.0. The number of piperazine rings is 1. The predicted molar refractivity (Wildman–Crippen MR) is 69.8 cm³/mol. The zero-order valence-corrected chi connectivity index (χ0v) is 11.3. The third kappa shape index (κ3) is 3.29. The Kier molecular flexibility index (Phi) is 4.50. The number of aliphatic hydroxyl groups excluding tert-OH is 1. The van der Waals surface area contributed by atoms with Crippen molar-refractivity contribution in [3.8, 4) is 0 Å². The maximum Gasteiger partial charge on any atom is 0.131 e. The van der Waals surface area contributed by atoms with Crippen LogP contribution in [-0.4, -0.2) is 54.7 Å². The smallest absolute Gasteiger partial charge is 0.131 e. The van der Waals surface area contributed by atoms with E-state index < -0.39 is 17.7 Å². The van der Waals surface area contributed by atoms with Gasteiger partial charge in [0.15, 0.2) is 0 Å². The summed E-state index contributed by atoms with van der Waals surface area (Å²) in [5, 5.41) is 10.1. The van der Waals surface area contributed by atoms with E-state index in [1.54, 1.807) is 0 Å². The van der Waals surface area contributed by atoms with Crippen LogP contribution in [0, 0.1) is 11.6 Å². The molecule has 1 aromatic rings. The van der Waals surface area contributed by atoms with E-state index in [1.165, 1.54) is 18.2 Å². The van der Waals surface area contributed by atoms with Gasteiger partial charge in [-0.3, -0.25) is 0 Å². The molecule has 0 spiro atoms. The molecule has 0 amide bonds. The molecule has 1 aliphatic rings. The summed E-state index contributed by atoms with van der Waals surface area (Å²) in [4.78, 5) is 4.29. The monoisotopic (exact) mass is 270 g/mol. The number of hydrogen-bond donors (Lipinski definition) is 1. The van der Waals surface area contributed by atoms with Crippen LogP contribution in [0.25, 0.3) is 0 Å². The van der Waals surface area contributed by atoms with Gasteiger partial charge in [0.25, 0.3) is 0 Å². The number of aliphatic hydroxyl groups is 1. The molecule has 5 heteroatoms. The number of rotatable bonds is 3. The van der Waals surface area contributed by atoms with Crippen molar-refractivity contribution in [1.29, 1.82) is 0 Å². The van der Waals surface area contributed by atoms with Crippen LogP contribution in [-0.2, 0) is 0 Å². The van der Waals surface area contributed by atoms with Gasteiger partial charge in [-0.25, -0.2) is 8.78 Å². The van der Waals surface area contributed by atoms with E-state index in [2.05, 4.69) is 9.80 Å². The minimum absolute atomic E-state index is 0.104. The summed E-state index contributed by atoms with van der Waals surface area (Å²) in [5.41, 5.74) is -0.218. The topological polar surface area (TPSA) is 26.7 Å². The van der Waals surface area contributed by atoms with Crippen molar-refractivity contribution in [2.45, 2.75) is 18.6 Å². The van der Waals surface area contributed by atoms with Crippen molar-refractivity contribution in [1.82, 2.24) is 9.80 Å². The lowest BCUT2D eigenvalue weighted by molar-refractivity contribution is 0.0607. The molecule has 1 heterocycles. The molecule has 2 rings (SSSR count). The van der Waals surface area contributed by atoms with Crippen molar-refractivity contribution in [3.05, 3.63) is 35.4 Å². The summed E-state index contributed by atoms with van der Waals surface area (Å²) in [6.07, 6.45) is -0.779. The first-order valence-corrected chi connectivity index (χ1v) is 6.49. The molecule has 1 saturated heterocycles. The van der Waals surface area contributed by atoms with Gasteiger partial charge in [-0.1, -0.05) is 6.07 Å². The Labute approximate surface area is 112 Å². The van der Waals surface area contributed by atoms with Crippen LogP contribution in [0.2, 0.25) is 0 Å². The molecule has 0 aromatic heterocycles. The van der Waals surface area contributed by atoms with Crippen LogP contribution >= 0.6 is 0 Å². The second-order valence-corrected chi connectivity index (χ2v) is 5.28. The minimum Gasteiger partial charge on any atom is -0.388 e. The Hall–Kier alpha value is -1.04. The van der Waals surface area contributed by atoms with E-state index in [1.807, 2.05) is 14.1 Å². The average molecular weight is 270 g/mol. The summed E-state index contributed by atoms with van der Waals surface area (Å²) in [6, 6.07) is 3.77. The lowest BCUT2D eigenvalue weighted by atomic mass is 9.99. The number of benzene rings is 1. The Balaban J connectivity index is 2.10. The molecule has 1 fully saturated rings. The van der Waals surface area contributed by atoms with Crippen LogP contribution in [0.1, 0.15) is 18.1 Å². The van der Waals surface area contributed by atoms with Crippen molar-refractivity contribution >= 4 is 0 Å². The molecule has 3 nitrogen and oxygen atoms in total. The van der Waals surface area contributed by atoms with Gasteiger partial charge in [-0.05, 0) is 32.6 Å². The molecule has 106 valence electrons. The van der Waals surface area contributed by atoms with E-state index in [4.69, 9.17) is 0 Å². The largest absolute Gasteiger partial charge is 0.388 e. The van der Waals surface area contributed by atoms with Crippen LogP contribution in [0.4, 0.5) is 8.78 Å². The van der Waals surface area contributed by atoms with E-state index in [0.29, 0.717) is 6.42 Å². The Morgan fingerprint density at radius 1 is 1.26 bits per heavy atom. The molecular weight excluding hydrogens is 250 g/mol. The van der Waals surface area contributed by atoms with Gasteiger partial charge in [-0.2, -0.15) is 0 Å². The average Bonchev–Trinajstić information content (AvgIpc) is 2.33. The molecular formula is C14H20F2N2O. The lowest BCUT2D eigenvalue weighted by Gasteiger charge is -2.38. The molecule has 2 atom stereocenters. The van der Waals surface area contributed by atoms with Gasteiger partial charge in [0.05, 0.1) is 11.7 Å². The normalized spacial score (nSPS) is 23.5. The van der Waals surface area contributed by atoms with Crippen LogP contribution in [0.5, 0.6) is 0 Å². The Morgan fingerprint density at radius 3 is 2.53 bits per heavy atom. The Morgan fingerprint density at radius 2 is 1.89 bits per heavy atom. The first-order chi connectivity index (χ1) is 8.99. The Bertz CT molecular complexity index is 421. The third-order valence-corrected chi connectivity index (χ3v) is 3.81. The van der Waals surface area contributed by atoms with Gasteiger partial charge in [0.2, 0.25) is 0 Å². The lowest BCUT2D eigenvalue weighted by Crippen LogP contribution is -2.50. The van der Waals surface area contributed by atoms with Crippen LogP contribution in [0.3, 0.4) is 0 Å². The van der Waals surface area contributed by atoms with Crippen molar-refractivity contribution < 1.29 is 13.9 Å². The summed E-state index contributed by atoms with van der Waals surface area (Å²) < 4.78 is 27.2. The highest BCUT2D eigenvalue weighted by atomic mass is 19.1. The van der Waals surface area contributed by atoms with Gasteiger partial charge in [0.1, 0.15) is 11.6 Å². The van der Waals surface area contributed by atoms with Crippen molar-refractivity contribution in [3.63, 3.8) is 0 Å². The summed E-state index contributed by atoms with van der Waals surface area (Å²) in [5.74, 6) is -1.36. The van der Waals surface area contributed by atoms with Crippen LogP contribution in [0.15, 0.2) is 18.2 Å². The van der Waals surface area contributed by atoms with Gasteiger partial charge >= 0.3 is 0 Å². The SMILES string of the molecule is CN1CCN(C)C(CC(O)c2c(F)cccc2F)C1. The number of hydrogen-bond acceptors (Lipinski definition) is 3. The molecule has 0 radical (unpaired) electrons. The fraction of sp³-hybridized carbons (Fsp3) is 0.571. The van der Waals surface area contributed by atoms with Crippen LogP contribution < -0.4 is 0 Å². The quantitative estimate of drug-likeness (QED) is 0.904. The zero-order valence-electron chi connectivity index (χ0n) is 11.3. The van der Waals surface area contributed by atoms with E-state index >= 15 is 0 Å². The van der Waals surface area contributed by atoms with Gasteiger partial charge in [-0.15, -0.1) is 0 Å². The van der Waals surface area contributed by atoms with Crippen molar-refractivity contribution in [2.75, 3.05) is 33.7 Å². The molecule has 0 bridgehead atoms. The highest BCUT2D eigenvalue weighted by Gasteiger charge is 2.27. The van der Waals surface area contributed by atoms with E-state index in [0.717, 1.165) is 19.6 Å². The van der Waals surface area contributed by atoms with Gasteiger partial charge in [0, 0.05) is 25.7 Å². The molecule has 19 heavy (non-hydrogen) atoms. The highest BCUT2D eigenvalue weighted by molar-refractivity contribution is 5.22. The third-order valence-electron chi connectivity index (χ3n) is 3.81. The molecule has 1 aliphatic heterocycles. The van der Waals surface area contributed by atoms with Gasteiger partial charge < -0.3 is 14.9 Å². The van der Waals surface area contributed by atoms with Crippen molar-refractivity contribution in [2.24, 2.45) is 0 Å². The maximum atomic E-state index is 13.6.